The normalized spacial score (nSPS) is 33.5. The molecule has 0 aromatic heterocycles. The van der Waals surface area contributed by atoms with Gasteiger partial charge in [-0.25, -0.2) is 0 Å². The number of ether oxygens (including phenoxy) is 2. The molecule has 0 bridgehead atoms. The van der Waals surface area contributed by atoms with Gasteiger partial charge in [-0.05, 0) is 13.3 Å². The van der Waals surface area contributed by atoms with E-state index < -0.39 is 0 Å². The van der Waals surface area contributed by atoms with Crippen molar-refractivity contribution in [3.8, 4) is 0 Å². The molecule has 0 aromatic carbocycles. The van der Waals surface area contributed by atoms with Gasteiger partial charge < -0.3 is 14.8 Å². The number of rotatable bonds is 5. The third kappa shape index (κ3) is 2.66. The molecule has 0 heterocycles. The topological polar surface area (TPSA) is 30.5 Å². The molecule has 1 saturated carbocycles. The average molecular weight is 187 g/mol. The zero-order chi connectivity index (χ0) is 9.84. The van der Waals surface area contributed by atoms with Crippen LogP contribution in [0.5, 0.6) is 0 Å². The lowest BCUT2D eigenvalue weighted by atomic mass is 9.84. The highest BCUT2D eigenvalue weighted by molar-refractivity contribution is 4.97. The Balaban J connectivity index is 2.29. The standard InChI is InChI=1S/C10H21NO2/c1-5-13-9-6-8(10(9)12-4)11-7(2)3/h7-11H,5-6H2,1-4H3. The molecular weight excluding hydrogens is 166 g/mol. The lowest BCUT2D eigenvalue weighted by Crippen LogP contribution is -2.61. The molecule has 3 heteroatoms. The molecule has 3 atom stereocenters. The molecule has 1 N–H and O–H groups in total. The third-order valence-electron chi connectivity index (χ3n) is 2.45. The first kappa shape index (κ1) is 11.0. The zero-order valence-electron chi connectivity index (χ0n) is 9.04. The van der Waals surface area contributed by atoms with Crippen LogP contribution < -0.4 is 5.32 Å². The predicted octanol–water partition coefficient (Wildman–Crippen LogP) is 1.18. The quantitative estimate of drug-likeness (QED) is 0.701. The van der Waals surface area contributed by atoms with Crippen LogP contribution in [0.3, 0.4) is 0 Å². The highest BCUT2D eigenvalue weighted by Crippen LogP contribution is 2.27. The Morgan fingerprint density at radius 3 is 2.62 bits per heavy atom. The highest BCUT2D eigenvalue weighted by Gasteiger charge is 2.41. The van der Waals surface area contributed by atoms with Crippen LogP contribution >= 0.6 is 0 Å². The molecule has 3 unspecified atom stereocenters. The van der Waals surface area contributed by atoms with E-state index in [-0.39, 0.29) is 6.10 Å². The van der Waals surface area contributed by atoms with Gasteiger partial charge in [-0.2, -0.15) is 0 Å². The summed E-state index contributed by atoms with van der Waals surface area (Å²) in [6.07, 6.45) is 1.61. The minimum absolute atomic E-state index is 0.238. The van der Waals surface area contributed by atoms with Crippen molar-refractivity contribution in [1.82, 2.24) is 5.32 Å². The maximum Gasteiger partial charge on any atom is 0.0986 e. The van der Waals surface area contributed by atoms with E-state index in [9.17, 15) is 0 Å². The summed E-state index contributed by atoms with van der Waals surface area (Å²) in [7, 11) is 1.75. The van der Waals surface area contributed by atoms with Gasteiger partial charge >= 0.3 is 0 Å². The van der Waals surface area contributed by atoms with Gasteiger partial charge in [0.05, 0.1) is 12.2 Å². The van der Waals surface area contributed by atoms with Gasteiger partial charge in [-0.1, -0.05) is 13.8 Å². The molecule has 1 fully saturated rings. The van der Waals surface area contributed by atoms with E-state index in [0.29, 0.717) is 18.2 Å². The molecule has 13 heavy (non-hydrogen) atoms. The van der Waals surface area contributed by atoms with Crippen LogP contribution in [0.1, 0.15) is 27.2 Å². The van der Waals surface area contributed by atoms with Crippen molar-refractivity contribution < 1.29 is 9.47 Å². The van der Waals surface area contributed by atoms with Gasteiger partial charge in [-0.15, -0.1) is 0 Å². The summed E-state index contributed by atoms with van der Waals surface area (Å²) in [5.74, 6) is 0. The fraction of sp³-hybridized carbons (Fsp3) is 1.00. The van der Waals surface area contributed by atoms with Crippen molar-refractivity contribution in [1.29, 1.82) is 0 Å². The van der Waals surface area contributed by atoms with Crippen molar-refractivity contribution in [3.63, 3.8) is 0 Å². The molecule has 0 saturated heterocycles. The summed E-state index contributed by atoms with van der Waals surface area (Å²) in [4.78, 5) is 0. The van der Waals surface area contributed by atoms with Crippen LogP contribution in [-0.4, -0.2) is 38.0 Å². The summed E-state index contributed by atoms with van der Waals surface area (Å²) in [5, 5.41) is 3.46. The third-order valence-corrected chi connectivity index (χ3v) is 2.45. The van der Waals surface area contributed by atoms with E-state index in [1.54, 1.807) is 7.11 Å². The SMILES string of the molecule is CCOC1CC(NC(C)C)C1OC. The van der Waals surface area contributed by atoms with E-state index in [0.717, 1.165) is 13.0 Å². The second-order valence-corrected chi connectivity index (χ2v) is 3.86. The van der Waals surface area contributed by atoms with Crippen molar-refractivity contribution >= 4 is 0 Å². The fourth-order valence-corrected chi connectivity index (χ4v) is 1.87. The Morgan fingerprint density at radius 1 is 1.46 bits per heavy atom. The second-order valence-electron chi connectivity index (χ2n) is 3.86. The van der Waals surface area contributed by atoms with E-state index in [1.165, 1.54) is 0 Å². The van der Waals surface area contributed by atoms with Crippen molar-refractivity contribution in [3.05, 3.63) is 0 Å². The van der Waals surface area contributed by atoms with Gasteiger partial charge in [0.15, 0.2) is 0 Å². The van der Waals surface area contributed by atoms with Gasteiger partial charge in [0.25, 0.3) is 0 Å². The van der Waals surface area contributed by atoms with Crippen LogP contribution in [0, 0.1) is 0 Å². The highest BCUT2D eigenvalue weighted by atomic mass is 16.5. The van der Waals surface area contributed by atoms with Crippen molar-refractivity contribution in [2.24, 2.45) is 0 Å². The van der Waals surface area contributed by atoms with Crippen LogP contribution in [0.4, 0.5) is 0 Å². The zero-order valence-corrected chi connectivity index (χ0v) is 9.04. The second kappa shape index (κ2) is 4.94. The molecule has 0 radical (unpaired) electrons. The molecule has 78 valence electrons. The Morgan fingerprint density at radius 2 is 2.15 bits per heavy atom. The molecular formula is C10H21NO2. The average Bonchev–Trinajstić information content (AvgIpc) is 2.02. The molecule has 0 aromatic rings. The summed E-state index contributed by atoms with van der Waals surface area (Å²) >= 11 is 0. The van der Waals surface area contributed by atoms with Gasteiger partial charge in [0.1, 0.15) is 0 Å². The molecule has 3 nitrogen and oxygen atoms in total. The first-order chi connectivity index (χ1) is 6.19. The maximum absolute atomic E-state index is 5.53. The number of nitrogens with one attached hydrogen (secondary N) is 1. The predicted molar refractivity (Wildman–Crippen MR) is 52.9 cm³/mol. The molecule has 0 spiro atoms. The van der Waals surface area contributed by atoms with Crippen molar-refractivity contribution in [2.75, 3.05) is 13.7 Å². The molecule has 1 rings (SSSR count). The monoisotopic (exact) mass is 187 g/mol. The van der Waals surface area contributed by atoms with Gasteiger partial charge in [0, 0.05) is 25.8 Å². The summed E-state index contributed by atoms with van der Waals surface area (Å²) in [5.41, 5.74) is 0. The van der Waals surface area contributed by atoms with Crippen LogP contribution in [0.2, 0.25) is 0 Å². The molecule has 0 amide bonds. The minimum Gasteiger partial charge on any atom is -0.377 e. The summed E-state index contributed by atoms with van der Waals surface area (Å²) in [6.45, 7) is 7.11. The van der Waals surface area contributed by atoms with Crippen LogP contribution in [0.15, 0.2) is 0 Å². The minimum atomic E-state index is 0.238. The van der Waals surface area contributed by atoms with E-state index in [2.05, 4.69) is 19.2 Å². The maximum atomic E-state index is 5.53. The Labute approximate surface area is 80.8 Å². The molecule has 1 aliphatic rings. The number of methoxy groups -OCH3 is 1. The molecule has 0 aliphatic heterocycles. The smallest absolute Gasteiger partial charge is 0.0986 e. The van der Waals surface area contributed by atoms with Gasteiger partial charge in [-0.3, -0.25) is 0 Å². The van der Waals surface area contributed by atoms with E-state index >= 15 is 0 Å². The fourth-order valence-electron chi connectivity index (χ4n) is 1.87. The van der Waals surface area contributed by atoms with Crippen LogP contribution in [0.25, 0.3) is 0 Å². The molecule has 1 aliphatic carbocycles. The Bertz CT molecular complexity index is 150. The Kier molecular flexibility index (Phi) is 4.16. The largest absolute Gasteiger partial charge is 0.377 e. The van der Waals surface area contributed by atoms with E-state index in [1.807, 2.05) is 6.92 Å². The lowest BCUT2D eigenvalue weighted by Gasteiger charge is -2.44. The van der Waals surface area contributed by atoms with Crippen LogP contribution in [-0.2, 0) is 9.47 Å². The van der Waals surface area contributed by atoms with Gasteiger partial charge in [0.2, 0.25) is 0 Å². The van der Waals surface area contributed by atoms with Crippen molar-refractivity contribution in [2.45, 2.75) is 51.5 Å². The number of hydrogen-bond donors (Lipinski definition) is 1. The summed E-state index contributed by atoms with van der Waals surface area (Å²) < 4.78 is 10.9. The summed E-state index contributed by atoms with van der Waals surface area (Å²) in [6, 6.07) is 0.992. The Hall–Kier alpha value is -0.120. The first-order valence-electron chi connectivity index (χ1n) is 5.09. The first-order valence-corrected chi connectivity index (χ1v) is 5.09. The van der Waals surface area contributed by atoms with E-state index in [4.69, 9.17) is 9.47 Å². The number of hydrogen-bond acceptors (Lipinski definition) is 3. The lowest BCUT2D eigenvalue weighted by molar-refractivity contribution is -0.132.